The zero-order valence-electron chi connectivity index (χ0n) is 82.5. The van der Waals surface area contributed by atoms with Gasteiger partial charge in [0.05, 0.1) is 49.0 Å². The van der Waals surface area contributed by atoms with Gasteiger partial charge >= 0.3 is 80.3 Å². The average molecular weight is 2520 g/mol. The number of fused-ring (bicyclic) bond motifs is 38. The summed E-state index contributed by atoms with van der Waals surface area (Å²) in [5, 5.41) is 6.17. The first-order chi connectivity index (χ1) is 67.1. The fraction of sp³-hybridized carbons (Fsp3) is 0.235. The number of thiazole rings is 2. The molecule has 29 heteroatoms. The molecule has 6 aliphatic heterocycles. The van der Waals surface area contributed by atoms with Gasteiger partial charge in [-0.15, -0.1) is 117 Å². The van der Waals surface area contributed by atoms with Crippen LogP contribution in [0.2, 0.25) is 0 Å². The molecule has 19 aromatic rings. The van der Waals surface area contributed by atoms with E-state index >= 15 is 0 Å². The fourth-order valence-electron chi connectivity index (χ4n) is 18.8. The fourth-order valence-corrected chi connectivity index (χ4v) is 20.8. The predicted molar refractivity (Wildman–Crippen MR) is 551 cm³/mol. The van der Waals surface area contributed by atoms with Gasteiger partial charge in [-0.05, 0) is 207 Å². The van der Waals surface area contributed by atoms with Crippen LogP contribution >= 0.6 is 22.7 Å². The van der Waals surface area contributed by atoms with Crippen LogP contribution in [0.5, 0.6) is 0 Å². The number of hydrogen-bond donors (Lipinski definition) is 0. The van der Waals surface area contributed by atoms with E-state index in [2.05, 4.69) is 311 Å². The first-order valence-electron chi connectivity index (χ1n) is 46.9. The van der Waals surface area contributed by atoms with Crippen molar-refractivity contribution in [3.05, 3.63) is 399 Å². The van der Waals surface area contributed by atoms with E-state index in [0.29, 0.717) is 34.9 Å². The number of anilines is 3. The first-order valence-corrected chi connectivity index (χ1v) is 48.7. The molecule has 0 unspecified atom stereocenters. The van der Waals surface area contributed by atoms with Crippen molar-refractivity contribution in [2.45, 2.75) is 157 Å². The Morgan fingerprint density at radius 1 is 0.306 bits per heavy atom. The number of nitrogens with zero attached hydrogens (tertiary/aromatic N) is 23. The first kappa shape index (κ1) is 101. The molecule has 0 saturated heterocycles. The van der Waals surface area contributed by atoms with Crippen LogP contribution in [-0.4, -0.2) is 89.5 Å². The maximum Gasteiger partial charge on any atom is 2.00 e. The third-order valence-corrected chi connectivity index (χ3v) is 30.0. The van der Waals surface area contributed by atoms with E-state index in [1.165, 1.54) is 0 Å². The Hall–Kier alpha value is -13.0. The number of aromatic nitrogens is 20. The second-order valence-electron chi connectivity index (χ2n) is 41.1. The maximum absolute atomic E-state index is 5.22. The van der Waals surface area contributed by atoms with Crippen molar-refractivity contribution < 1.29 is 80.3 Å². The van der Waals surface area contributed by atoms with Crippen LogP contribution < -0.4 is 24.8 Å². The van der Waals surface area contributed by atoms with E-state index in [1.54, 1.807) is 47.5 Å². The molecule has 18 heterocycles. The van der Waals surface area contributed by atoms with E-state index in [1.807, 2.05) is 142 Å². The summed E-state index contributed by atoms with van der Waals surface area (Å²) in [6, 6.07) is 78.4. The molecule has 0 aliphatic carbocycles. The Labute approximate surface area is 900 Å². The molecule has 1 radical (unpaired) electrons. The van der Waals surface area contributed by atoms with Crippen LogP contribution in [0.25, 0.3) is 91.3 Å². The summed E-state index contributed by atoms with van der Waals surface area (Å²) < 4.78 is 8.41. The average Bonchev–Trinajstić information content (AvgIpc) is 1.59. The van der Waals surface area contributed by atoms with Gasteiger partial charge in [-0.25, -0.2) is 19.9 Å². The maximum atomic E-state index is 5.22. The van der Waals surface area contributed by atoms with E-state index < -0.39 is 21.7 Å². The van der Waals surface area contributed by atoms with Crippen LogP contribution in [0, 0.1) is 40.5 Å². The quantitative estimate of drug-likeness (QED) is 0.115. The Kier molecular flexibility index (Phi) is 26.8. The standard InChI is InChI=1S/2C30H26N8.C30H32N2.C25H17N5S2.Cu.3Pt/c1-29(2)21-15-31-25(33-21)27-35-23(17-37(27)19-11-7-5-8-12-19)30(3,4)24-18-38(20-13-9-6-10-14-20)28(36-24)26-32-16-22(29)34-26;1-29(2)25-31-15-21(33-25)23-17-37(19-11-7-5-8-12-19)27(35-23)30(3,4)28-36-24(22-16-32-26(29)34-22)18-38(28)20-13-9-6-10-14-20;1-27(2)17-23-30(7,8)24-18-28(3,4)26(32-24)20-12-10-14-22(16-20)29(5,6)21-13-9-11-19(15-21)25(27)31-23;1-25(2)23-28-21(14-31-23)16-8-19(12-26-10-16)30(18-6-4-3-5-7-18)20-9-17(11-27-13-20)22-15-32-24(25)29-22;;;;/h2*5-18H,1-4H3;9-14,17-18H,1-8H3;3-7,10-15H,1-2H3;;;;/q4*-2;4*+2. The molecule has 23 nitrogen and oxygen atoms in total. The third kappa shape index (κ3) is 18.0. The minimum Gasteiger partial charge on any atom is -0.445 e. The van der Waals surface area contributed by atoms with E-state index in [4.69, 9.17) is 69.8 Å². The van der Waals surface area contributed by atoms with Gasteiger partial charge in [0.1, 0.15) is 23.3 Å². The number of pyridine rings is 2. The number of rotatable bonds is 5. The van der Waals surface area contributed by atoms with Crippen molar-refractivity contribution in [2.75, 3.05) is 4.90 Å². The molecule has 0 atom stereocenters. The molecule has 729 valence electrons. The smallest absolute Gasteiger partial charge is 0.445 e. The number of para-hydroxylation sites is 5. The van der Waals surface area contributed by atoms with Gasteiger partial charge in [-0.2, -0.15) is 0 Å². The van der Waals surface area contributed by atoms with Gasteiger partial charge in [0.15, 0.2) is 0 Å². The topological polar surface area (TPSA) is 259 Å². The summed E-state index contributed by atoms with van der Waals surface area (Å²) in [7, 11) is 0. The van der Waals surface area contributed by atoms with Crippen molar-refractivity contribution >= 4 is 51.2 Å². The Balaban J connectivity index is 0.000000126. The number of aliphatic imine (C=N–C) groups is 2. The van der Waals surface area contributed by atoms with Crippen LogP contribution in [0.15, 0.2) is 307 Å². The molecule has 0 saturated carbocycles. The Morgan fingerprint density at radius 3 is 1.08 bits per heavy atom. The second-order valence-corrected chi connectivity index (χ2v) is 42.8. The molecule has 25 rings (SSSR count). The monoisotopic (exact) mass is 2520 g/mol. The van der Waals surface area contributed by atoms with Crippen molar-refractivity contribution in [3.8, 4) is 91.3 Å². The normalized spacial score (nSPS) is 16.4. The molecule has 7 aromatic carbocycles. The molecule has 0 N–H and O–H groups in total. The van der Waals surface area contributed by atoms with Crippen LogP contribution in [-0.2, 0) is 113 Å². The number of imidazole rings is 8. The Morgan fingerprint density at radius 2 is 0.688 bits per heavy atom. The van der Waals surface area contributed by atoms with Crippen molar-refractivity contribution in [3.63, 3.8) is 0 Å². The van der Waals surface area contributed by atoms with Crippen molar-refractivity contribution in [1.82, 2.24) is 98.0 Å². The molecule has 0 fully saturated rings. The molecule has 12 aromatic heterocycles. The molecular weight excluding hydrogens is 2420 g/mol. The summed E-state index contributed by atoms with van der Waals surface area (Å²) >= 11 is 3.29. The summed E-state index contributed by atoms with van der Waals surface area (Å²) in [4.78, 5) is 90.6. The number of allylic oxidation sites excluding steroid dienone is 2. The molecule has 144 heavy (non-hydrogen) atoms. The summed E-state index contributed by atoms with van der Waals surface area (Å²) in [6.45, 7) is 39.2. The van der Waals surface area contributed by atoms with Gasteiger partial charge in [0.25, 0.3) is 0 Å². The zero-order valence-corrected chi connectivity index (χ0v) is 91.9. The minimum absolute atomic E-state index is 0. The summed E-state index contributed by atoms with van der Waals surface area (Å²) in [5.41, 5.74) is 21.7. The number of hydrogen-bond acceptors (Lipinski definition) is 17. The van der Waals surface area contributed by atoms with Gasteiger partial charge in [0, 0.05) is 86.8 Å². The predicted octanol–water partition coefficient (Wildman–Crippen LogP) is 23.6. The molecule has 0 spiro atoms. The van der Waals surface area contributed by atoms with Gasteiger partial charge in [0.2, 0.25) is 0 Å². The third-order valence-electron chi connectivity index (χ3n) is 27.7. The Bertz CT molecular complexity index is 7690. The number of benzene rings is 7. The van der Waals surface area contributed by atoms with Gasteiger partial charge < -0.3 is 83.0 Å². The van der Waals surface area contributed by atoms with Gasteiger partial charge in [-0.3, -0.25) is 9.97 Å². The van der Waals surface area contributed by atoms with Gasteiger partial charge in [-0.1, -0.05) is 233 Å². The van der Waals surface area contributed by atoms with Crippen LogP contribution in [0.1, 0.15) is 203 Å². The van der Waals surface area contributed by atoms with Crippen molar-refractivity contribution in [1.29, 1.82) is 0 Å². The summed E-state index contributed by atoms with van der Waals surface area (Å²) in [6.07, 6.45) is 27.3. The second kappa shape index (κ2) is 38.2. The summed E-state index contributed by atoms with van der Waals surface area (Å²) in [5.74, 6) is 5.55. The SMILES string of the molecule is CC1(C)C=C2N=C1c1[c-]c(ccc1)C(C)(C)c1[c-]c(ccc1)C1=NC(=CC1(C)C)C2(C)C.CC1(C)c2cn(-c3ccccc3)c(n2)-c2ncc([n-]2)C(C)(C)c2cnc([n-]2)-c2nc1cn2-c1ccccc1.CC1(C)c2nc(cs2)-c2[c-]c(cnc2)N(c2ccccc2)c2[c-]c(cnc2)-c2csc1n2.CC1(C)c2ncc([n-]2)-c2cn(-c3ccccc3)c(n2)C(C)(C)c2nc(cn2-c2ccccc2)-c2cnc1[n-]2.[Cu+2].[Pt+2].[Pt+2].[Pt+2]. The van der Waals surface area contributed by atoms with E-state index in [0.717, 1.165) is 175 Å². The zero-order chi connectivity index (χ0) is 97.0. The molecule has 6 aliphatic rings. The minimum atomic E-state index is -0.600. The van der Waals surface area contributed by atoms with Crippen LogP contribution in [0.3, 0.4) is 0 Å². The van der Waals surface area contributed by atoms with Crippen LogP contribution in [0.4, 0.5) is 17.1 Å². The largest absolute Gasteiger partial charge is 2.00 e. The molecular formula is C115H101CuN23Pt3S2. The van der Waals surface area contributed by atoms with E-state index in [-0.39, 0.29) is 107 Å². The van der Waals surface area contributed by atoms with E-state index in [9.17, 15) is 0 Å². The molecule has 32 bridgehead atoms. The van der Waals surface area contributed by atoms with Crippen molar-refractivity contribution in [2.24, 2.45) is 26.2 Å². The molecule has 0 amide bonds.